The average Bonchev–Trinajstić information content (AvgIpc) is 2.30. The summed E-state index contributed by atoms with van der Waals surface area (Å²) in [6.45, 7) is 0. The molecule has 0 aliphatic carbocycles. The van der Waals surface area contributed by atoms with Gasteiger partial charge in [0.25, 0.3) is 0 Å². The molecule has 0 spiro atoms. The fourth-order valence-electron chi connectivity index (χ4n) is 1.50. The number of nitrogens with one attached hydrogen (secondary N) is 1. The number of rotatable bonds is 2. The van der Waals surface area contributed by atoms with E-state index in [1.165, 1.54) is 0 Å². The lowest BCUT2D eigenvalue weighted by Crippen LogP contribution is -2.19. The van der Waals surface area contributed by atoms with Crippen LogP contribution in [0, 0.1) is 0 Å². The summed E-state index contributed by atoms with van der Waals surface area (Å²) in [4.78, 5) is 14.8. The van der Waals surface area contributed by atoms with Crippen molar-refractivity contribution in [2.24, 2.45) is 5.73 Å². The third-order valence-corrected chi connectivity index (χ3v) is 2.16. The Labute approximate surface area is 93.1 Å². The minimum absolute atomic E-state index is 0.592. The summed E-state index contributed by atoms with van der Waals surface area (Å²) in [5.41, 5.74) is 7.61. The monoisotopic (exact) mass is 213 g/mol. The van der Waals surface area contributed by atoms with Gasteiger partial charge in [-0.3, -0.25) is 4.98 Å². The zero-order chi connectivity index (χ0) is 11.4. The number of aromatic nitrogens is 1. The summed E-state index contributed by atoms with van der Waals surface area (Å²) >= 11 is 0. The van der Waals surface area contributed by atoms with E-state index in [9.17, 15) is 4.79 Å². The lowest BCUT2D eigenvalue weighted by molar-refractivity contribution is 0.259. The molecule has 0 saturated heterocycles. The Morgan fingerprint density at radius 3 is 2.62 bits per heavy atom. The molecule has 1 aromatic heterocycles. The van der Waals surface area contributed by atoms with Crippen LogP contribution in [0.1, 0.15) is 0 Å². The fourth-order valence-corrected chi connectivity index (χ4v) is 1.50. The normalized spacial score (nSPS) is 9.75. The molecule has 0 aliphatic heterocycles. The van der Waals surface area contributed by atoms with Crippen molar-refractivity contribution in [2.45, 2.75) is 0 Å². The average molecular weight is 213 g/mol. The number of carbonyl (C=O) groups is 1. The molecule has 0 bridgehead atoms. The van der Waals surface area contributed by atoms with Gasteiger partial charge in [0.1, 0.15) is 0 Å². The molecule has 16 heavy (non-hydrogen) atoms. The van der Waals surface area contributed by atoms with Gasteiger partial charge in [0.15, 0.2) is 0 Å². The molecule has 4 nitrogen and oxygen atoms in total. The number of urea groups is 1. The van der Waals surface area contributed by atoms with E-state index < -0.39 is 6.03 Å². The van der Waals surface area contributed by atoms with Crippen LogP contribution in [-0.4, -0.2) is 11.0 Å². The molecule has 2 aromatic rings. The van der Waals surface area contributed by atoms with E-state index in [0.29, 0.717) is 5.69 Å². The zero-order valence-corrected chi connectivity index (χ0v) is 8.55. The van der Waals surface area contributed by atoms with Crippen LogP contribution in [0.3, 0.4) is 0 Å². The molecule has 1 heterocycles. The van der Waals surface area contributed by atoms with Crippen molar-refractivity contribution in [1.82, 2.24) is 4.98 Å². The second-order valence-corrected chi connectivity index (χ2v) is 3.28. The van der Waals surface area contributed by atoms with Gasteiger partial charge >= 0.3 is 6.03 Å². The molecule has 0 atom stereocenters. The maximum atomic E-state index is 10.8. The first-order valence-corrected chi connectivity index (χ1v) is 4.83. The third-order valence-electron chi connectivity index (χ3n) is 2.16. The lowest BCUT2D eigenvalue weighted by Gasteiger charge is -2.08. The molecule has 0 radical (unpaired) electrons. The van der Waals surface area contributed by atoms with Crippen LogP contribution in [0.2, 0.25) is 0 Å². The predicted octanol–water partition coefficient (Wildman–Crippen LogP) is 2.24. The van der Waals surface area contributed by atoms with Crippen molar-refractivity contribution in [1.29, 1.82) is 0 Å². The van der Waals surface area contributed by atoms with Crippen molar-refractivity contribution >= 4 is 11.7 Å². The molecule has 1 aromatic carbocycles. The minimum atomic E-state index is -0.592. The maximum absolute atomic E-state index is 10.8. The molecule has 0 fully saturated rings. The van der Waals surface area contributed by atoms with E-state index in [1.807, 2.05) is 36.4 Å². The summed E-state index contributed by atoms with van der Waals surface area (Å²) < 4.78 is 0. The summed E-state index contributed by atoms with van der Waals surface area (Å²) in [7, 11) is 0. The highest BCUT2D eigenvalue weighted by molar-refractivity contribution is 5.93. The zero-order valence-electron chi connectivity index (χ0n) is 8.55. The Kier molecular flexibility index (Phi) is 2.82. The van der Waals surface area contributed by atoms with Gasteiger partial charge in [-0.15, -0.1) is 0 Å². The van der Waals surface area contributed by atoms with Crippen LogP contribution in [0.5, 0.6) is 0 Å². The number of pyridine rings is 1. The molecule has 0 unspecified atom stereocenters. The summed E-state index contributed by atoms with van der Waals surface area (Å²) in [6.07, 6.45) is 3.25. The van der Waals surface area contributed by atoms with Crippen molar-refractivity contribution in [3.8, 4) is 11.1 Å². The highest BCUT2D eigenvalue weighted by atomic mass is 16.2. The molecule has 2 rings (SSSR count). The van der Waals surface area contributed by atoms with Gasteiger partial charge in [-0.25, -0.2) is 4.79 Å². The second kappa shape index (κ2) is 4.44. The van der Waals surface area contributed by atoms with Crippen molar-refractivity contribution in [2.75, 3.05) is 5.32 Å². The molecule has 2 amide bonds. The molecule has 4 heteroatoms. The quantitative estimate of drug-likeness (QED) is 0.803. The number of carbonyl (C=O) groups excluding carboxylic acids is 1. The Balaban J connectivity index is 2.44. The Bertz CT molecular complexity index is 497. The van der Waals surface area contributed by atoms with E-state index in [0.717, 1.165) is 11.1 Å². The Morgan fingerprint density at radius 1 is 1.19 bits per heavy atom. The largest absolute Gasteiger partial charge is 0.351 e. The minimum Gasteiger partial charge on any atom is -0.351 e. The van der Waals surface area contributed by atoms with E-state index in [-0.39, 0.29) is 0 Å². The van der Waals surface area contributed by atoms with Crippen molar-refractivity contribution in [3.05, 3.63) is 48.8 Å². The van der Waals surface area contributed by atoms with Crippen LogP contribution in [0.4, 0.5) is 10.5 Å². The summed E-state index contributed by atoms with van der Waals surface area (Å²) in [5, 5.41) is 2.55. The smallest absolute Gasteiger partial charge is 0.316 e. The van der Waals surface area contributed by atoms with Gasteiger partial charge < -0.3 is 11.1 Å². The maximum Gasteiger partial charge on any atom is 0.316 e. The van der Waals surface area contributed by atoms with E-state index in [1.54, 1.807) is 12.4 Å². The summed E-state index contributed by atoms with van der Waals surface area (Å²) in [6, 6.07) is 11.0. The van der Waals surface area contributed by atoms with E-state index in [2.05, 4.69) is 10.3 Å². The highest BCUT2D eigenvalue weighted by Gasteiger charge is 2.05. The SMILES string of the molecule is NC(=O)Nc1cnccc1-c1ccccc1. The van der Waals surface area contributed by atoms with Crippen LogP contribution in [0.25, 0.3) is 11.1 Å². The number of anilines is 1. The van der Waals surface area contributed by atoms with Crippen molar-refractivity contribution < 1.29 is 4.79 Å². The number of nitrogens with zero attached hydrogens (tertiary/aromatic N) is 1. The number of amides is 2. The molecule has 3 N–H and O–H groups in total. The van der Waals surface area contributed by atoms with Crippen LogP contribution < -0.4 is 11.1 Å². The number of hydrogen-bond donors (Lipinski definition) is 2. The first-order valence-electron chi connectivity index (χ1n) is 4.83. The van der Waals surface area contributed by atoms with Gasteiger partial charge in [0, 0.05) is 11.8 Å². The van der Waals surface area contributed by atoms with Crippen LogP contribution in [-0.2, 0) is 0 Å². The number of nitrogens with two attached hydrogens (primary N) is 1. The highest BCUT2D eigenvalue weighted by Crippen LogP contribution is 2.26. The Hall–Kier alpha value is -2.36. The Morgan fingerprint density at radius 2 is 1.94 bits per heavy atom. The molecular weight excluding hydrogens is 202 g/mol. The topological polar surface area (TPSA) is 68.0 Å². The molecule has 0 saturated carbocycles. The van der Waals surface area contributed by atoms with Crippen LogP contribution >= 0.6 is 0 Å². The van der Waals surface area contributed by atoms with Gasteiger partial charge in [-0.1, -0.05) is 30.3 Å². The second-order valence-electron chi connectivity index (χ2n) is 3.28. The first kappa shape index (κ1) is 10.2. The molecule has 80 valence electrons. The van der Waals surface area contributed by atoms with Gasteiger partial charge in [-0.05, 0) is 11.6 Å². The number of hydrogen-bond acceptors (Lipinski definition) is 2. The van der Waals surface area contributed by atoms with Crippen LogP contribution in [0.15, 0.2) is 48.8 Å². The number of benzene rings is 1. The first-order chi connectivity index (χ1) is 7.77. The number of primary amides is 1. The molecular formula is C12H11N3O. The van der Waals surface area contributed by atoms with Gasteiger partial charge in [0.2, 0.25) is 0 Å². The fraction of sp³-hybridized carbons (Fsp3) is 0. The molecule has 0 aliphatic rings. The predicted molar refractivity (Wildman–Crippen MR) is 62.9 cm³/mol. The standard InChI is InChI=1S/C12H11N3O/c13-12(16)15-11-8-14-7-6-10(11)9-4-2-1-3-5-9/h1-8H,(H3,13,15,16). The lowest BCUT2D eigenvalue weighted by atomic mass is 10.1. The van der Waals surface area contributed by atoms with E-state index >= 15 is 0 Å². The third kappa shape index (κ3) is 2.17. The van der Waals surface area contributed by atoms with E-state index in [4.69, 9.17) is 5.73 Å². The van der Waals surface area contributed by atoms with Crippen molar-refractivity contribution in [3.63, 3.8) is 0 Å². The van der Waals surface area contributed by atoms with Gasteiger partial charge in [0.05, 0.1) is 11.9 Å². The van der Waals surface area contributed by atoms with Gasteiger partial charge in [-0.2, -0.15) is 0 Å². The summed E-state index contributed by atoms with van der Waals surface area (Å²) in [5.74, 6) is 0.